The molecule has 7 heteroatoms. The number of piperazine rings is 1. The molecule has 2 aromatic carbocycles. The number of rotatable bonds is 5. The summed E-state index contributed by atoms with van der Waals surface area (Å²) in [6.07, 6.45) is 1.79. The van der Waals surface area contributed by atoms with Gasteiger partial charge in [-0.25, -0.2) is 0 Å². The van der Waals surface area contributed by atoms with E-state index in [1.807, 2.05) is 35.2 Å². The largest absolute Gasteiger partial charge is 0.480 e. The molecule has 0 amide bonds. The second-order valence-electron chi connectivity index (χ2n) is 7.12. The van der Waals surface area contributed by atoms with E-state index in [2.05, 4.69) is 16.0 Å². The average Bonchev–Trinajstić information content (AvgIpc) is 3.06. The second-order valence-corrected chi connectivity index (χ2v) is 7.99. The number of halogens is 2. The molecule has 0 spiro atoms. The fourth-order valence-electron chi connectivity index (χ4n) is 3.90. The number of aromatic amines is 1. The van der Waals surface area contributed by atoms with Crippen LogP contribution in [0.2, 0.25) is 10.0 Å². The van der Waals surface area contributed by atoms with Gasteiger partial charge in [-0.3, -0.25) is 14.6 Å². The summed E-state index contributed by atoms with van der Waals surface area (Å²) in [6.45, 7) is 3.79. The highest BCUT2D eigenvalue weighted by molar-refractivity contribution is 6.31. The van der Waals surface area contributed by atoms with Gasteiger partial charge in [-0.1, -0.05) is 35.3 Å². The summed E-state index contributed by atoms with van der Waals surface area (Å²) in [7, 11) is 0. The van der Waals surface area contributed by atoms with Crippen molar-refractivity contribution in [3.05, 3.63) is 69.8 Å². The lowest BCUT2D eigenvalue weighted by Crippen LogP contribution is -2.48. The number of hydrogen-bond acceptors (Lipinski definition) is 3. The van der Waals surface area contributed by atoms with Crippen LogP contribution in [-0.4, -0.2) is 52.0 Å². The van der Waals surface area contributed by atoms with Crippen molar-refractivity contribution < 1.29 is 9.90 Å². The number of benzene rings is 2. The van der Waals surface area contributed by atoms with Crippen LogP contribution in [0.15, 0.2) is 48.7 Å². The van der Waals surface area contributed by atoms with Gasteiger partial charge in [0.15, 0.2) is 0 Å². The van der Waals surface area contributed by atoms with Gasteiger partial charge >= 0.3 is 5.97 Å². The predicted molar refractivity (Wildman–Crippen MR) is 112 cm³/mol. The van der Waals surface area contributed by atoms with Crippen molar-refractivity contribution in [1.29, 1.82) is 0 Å². The number of aromatic nitrogens is 1. The molecule has 0 saturated carbocycles. The molecule has 0 unspecified atom stereocenters. The lowest BCUT2D eigenvalue weighted by atomic mass is 10.0. The van der Waals surface area contributed by atoms with Crippen molar-refractivity contribution in [2.24, 2.45) is 0 Å². The maximum atomic E-state index is 12.1. The van der Waals surface area contributed by atoms with Gasteiger partial charge in [-0.15, -0.1) is 0 Å². The Kier molecular flexibility index (Phi) is 5.60. The first-order valence-electron chi connectivity index (χ1n) is 9.21. The van der Waals surface area contributed by atoms with Crippen LogP contribution in [-0.2, 0) is 11.3 Å². The van der Waals surface area contributed by atoms with Gasteiger partial charge in [0.05, 0.1) is 0 Å². The first-order valence-corrected chi connectivity index (χ1v) is 9.97. The molecule has 3 aromatic rings. The van der Waals surface area contributed by atoms with E-state index in [0.29, 0.717) is 18.1 Å². The number of nitrogens with zero attached hydrogens (tertiary/aromatic N) is 2. The summed E-state index contributed by atoms with van der Waals surface area (Å²) in [5.41, 5.74) is 2.82. The van der Waals surface area contributed by atoms with Gasteiger partial charge < -0.3 is 10.1 Å². The minimum absolute atomic E-state index is 0.601. The third-order valence-corrected chi connectivity index (χ3v) is 5.74. The van der Waals surface area contributed by atoms with Crippen LogP contribution in [0, 0.1) is 0 Å². The Hall–Kier alpha value is -2.05. The molecule has 146 valence electrons. The van der Waals surface area contributed by atoms with Gasteiger partial charge in [0.2, 0.25) is 0 Å². The molecule has 4 rings (SSSR count). The summed E-state index contributed by atoms with van der Waals surface area (Å²) >= 11 is 12.2. The van der Waals surface area contributed by atoms with Crippen molar-refractivity contribution in [3.8, 4) is 0 Å². The number of H-pyrrole nitrogens is 1. The molecule has 28 heavy (non-hydrogen) atoms. The lowest BCUT2D eigenvalue weighted by Gasteiger charge is -2.37. The van der Waals surface area contributed by atoms with E-state index >= 15 is 0 Å². The molecule has 1 aromatic heterocycles. The highest BCUT2D eigenvalue weighted by Gasteiger charge is 2.32. The van der Waals surface area contributed by atoms with E-state index < -0.39 is 12.0 Å². The van der Waals surface area contributed by atoms with Crippen molar-refractivity contribution in [1.82, 2.24) is 14.8 Å². The Labute approximate surface area is 173 Å². The summed E-state index contributed by atoms with van der Waals surface area (Å²) < 4.78 is 0. The summed E-state index contributed by atoms with van der Waals surface area (Å²) in [6, 6.07) is 12.7. The van der Waals surface area contributed by atoms with Crippen LogP contribution >= 0.6 is 23.2 Å². The van der Waals surface area contributed by atoms with Crippen LogP contribution in [0.25, 0.3) is 10.9 Å². The molecule has 1 aliphatic heterocycles. The maximum Gasteiger partial charge on any atom is 0.325 e. The molecule has 0 radical (unpaired) electrons. The number of aliphatic carboxylic acids is 1. The molecule has 5 nitrogen and oxygen atoms in total. The van der Waals surface area contributed by atoms with Crippen molar-refractivity contribution in [3.63, 3.8) is 0 Å². The monoisotopic (exact) mass is 417 g/mol. The Balaban J connectivity index is 1.49. The Morgan fingerprint density at radius 2 is 1.82 bits per heavy atom. The number of carbonyl (C=O) groups is 1. The maximum absolute atomic E-state index is 12.1. The molecular formula is C21H21Cl2N3O2. The third-order valence-electron chi connectivity index (χ3n) is 5.27. The molecule has 1 atom stereocenters. The SMILES string of the molecule is O=C(O)[C@@H](c1c[nH]c2ccc(Cl)cc12)N1CCN(Cc2cccc(Cl)c2)CC1. The zero-order chi connectivity index (χ0) is 19.7. The van der Waals surface area contributed by atoms with Crippen LogP contribution in [0.1, 0.15) is 17.2 Å². The van der Waals surface area contributed by atoms with Crippen LogP contribution in [0.4, 0.5) is 0 Å². The van der Waals surface area contributed by atoms with E-state index in [4.69, 9.17) is 23.2 Å². The first-order chi connectivity index (χ1) is 13.5. The topological polar surface area (TPSA) is 59.6 Å². The van der Waals surface area contributed by atoms with Crippen LogP contribution in [0.3, 0.4) is 0 Å². The fraction of sp³-hybridized carbons (Fsp3) is 0.286. The predicted octanol–water partition coefficient (Wildman–Crippen LogP) is 4.42. The molecule has 2 heterocycles. The van der Waals surface area contributed by atoms with Gasteiger partial charge in [0.1, 0.15) is 6.04 Å². The molecule has 0 bridgehead atoms. The van der Waals surface area contributed by atoms with Crippen LogP contribution < -0.4 is 0 Å². The summed E-state index contributed by atoms with van der Waals surface area (Å²) in [5.74, 6) is -0.843. The molecule has 1 aliphatic rings. The van der Waals surface area contributed by atoms with Crippen molar-refractivity contribution in [2.45, 2.75) is 12.6 Å². The standard InChI is InChI=1S/C21H21Cl2N3O2/c22-15-3-1-2-14(10-15)13-25-6-8-26(9-7-25)20(21(27)28)18-12-24-19-5-4-16(23)11-17(18)19/h1-5,10-12,20,24H,6-9,13H2,(H,27,28)/t20-/m1/s1. The quantitative estimate of drug-likeness (QED) is 0.644. The van der Waals surface area contributed by atoms with Gasteiger partial charge in [-0.2, -0.15) is 0 Å². The number of carboxylic acids is 1. The van der Waals surface area contributed by atoms with E-state index in [9.17, 15) is 9.90 Å². The van der Waals surface area contributed by atoms with E-state index in [1.165, 1.54) is 5.56 Å². The zero-order valence-corrected chi connectivity index (χ0v) is 16.7. The molecule has 0 aliphatic carbocycles. The van der Waals surface area contributed by atoms with Crippen molar-refractivity contribution in [2.75, 3.05) is 26.2 Å². The zero-order valence-electron chi connectivity index (χ0n) is 15.2. The number of fused-ring (bicyclic) bond motifs is 1. The van der Waals surface area contributed by atoms with Crippen molar-refractivity contribution >= 4 is 40.1 Å². The van der Waals surface area contributed by atoms with Gasteiger partial charge in [0, 0.05) is 65.4 Å². The first kappa shape index (κ1) is 19.3. The highest BCUT2D eigenvalue weighted by Crippen LogP contribution is 2.31. The average molecular weight is 418 g/mol. The summed E-state index contributed by atoms with van der Waals surface area (Å²) in [4.78, 5) is 19.6. The number of carboxylic acid groups (broad SMARTS) is 1. The minimum Gasteiger partial charge on any atom is -0.480 e. The Morgan fingerprint density at radius 1 is 1.07 bits per heavy atom. The molecule has 2 N–H and O–H groups in total. The van der Waals surface area contributed by atoms with Gasteiger partial charge in [-0.05, 0) is 35.9 Å². The molecule has 1 saturated heterocycles. The highest BCUT2D eigenvalue weighted by atomic mass is 35.5. The number of hydrogen-bond donors (Lipinski definition) is 2. The Bertz CT molecular complexity index is 996. The molecule has 1 fully saturated rings. The smallest absolute Gasteiger partial charge is 0.325 e. The fourth-order valence-corrected chi connectivity index (χ4v) is 4.28. The normalized spacial score (nSPS) is 17.1. The Morgan fingerprint density at radius 3 is 2.54 bits per heavy atom. The van der Waals surface area contributed by atoms with Gasteiger partial charge in [0.25, 0.3) is 0 Å². The van der Waals surface area contributed by atoms with E-state index in [1.54, 1.807) is 12.3 Å². The summed E-state index contributed by atoms with van der Waals surface area (Å²) in [5, 5.41) is 12.1. The lowest BCUT2D eigenvalue weighted by molar-refractivity contribution is -0.144. The van der Waals surface area contributed by atoms with E-state index in [-0.39, 0.29) is 0 Å². The second kappa shape index (κ2) is 8.13. The third kappa shape index (κ3) is 4.03. The number of nitrogens with one attached hydrogen (secondary N) is 1. The van der Waals surface area contributed by atoms with Crippen LogP contribution in [0.5, 0.6) is 0 Å². The minimum atomic E-state index is -0.843. The molecular weight excluding hydrogens is 397 g/mol. The van der Waals surface area contributed by atoms with E-state index in [0.717, 1.165) is 41.1 Å².